The molecule has 2 fully saturated rings. The summed E-state index contributed by atoms with van der Waals surface area (Å²) >= 11 is 0. The zero-order valence-corrected chi connectivity index (χ0v) is 13.9. The van der Waals surface area contributed by atoms with Gasteiger partial charge in [0.05, 0.1) is 4.90 Å². The molecule has 0 spiro atoms. The molecule has 0 bridgehead atoms. The van der Waals surface area contributed by atoms with Crippen molar-refractivity contribution < 1.29 is 8.42 Å². The number of fused-ring (bicyclic) bond motifs is 1. The molecule has 4 nitrogen and oxygen atoms in total. The Morgan fingerprint density at radius 1 is 1.05 bits per heavy atom. The summed E-state index contributed by atoms with van der Waals surface area (Å²) in [4.78, 5) is 2.70. The minimum absolute atomic E-state index is 0.274. The van der Waals surface area contributed by atoms with Gasteiger partial charge >= 0.3 is 0 Å². The van der Waals surface area contributed by atoms with Crippen molar-refractivity contribution in [2.75, 3.05) is 0 Å². The largest absolute Gasteiger partial charge is 0.276 e. The van der Waals surface area contributed by atoms with E-state index in [-0.39, 0.29) is 4.90 Å². The van der Waals surface area contributed by atoms with E-state index in [1.165, 1.54) is 32.1 Å². The lowest BCUT2D eigenvalue weighted by molar-refractivity contribution is 0.278. The molecule has 3 rings (SSSR count). The van der Waals surface area contributed by atoms with E-state index in [0.717, 1.165) is 30.0 Å². The van der Waals surface area contributed by atoms with Crippen LogP contribution in [0.1, 0.15) is 50.5 Å². The topological polar surface area (TPSA) is 58.5 Å². The standard InChI is InChI=1S/C17H24N2O2S/c1-13-8-10-15(11-9-13)22(20,21)19-18-17-12-14-6-4-2-3-5-7-16(14)17/h8-11,14,16,19H,2-7,12H2,1H3. The Morgan fingerprint density at radius 3 is 2.45 bits per heavy atom. The van der Waals surface area contributed by atoms with Gasteiger partial charge in [-0.3, -0.25) is 0 Å². The molecule has 1 aromatic rings. The molecule has 120 valence electrons. The van der Waals surface area contributed by atoms with Crippen LogP contribution in [0.2, 0.25) is 0 Å². The highest BCUT2D eigenvalue weighted by atomic mass is 32.2. The van der Waals surface area contributed by atoms with Crippen molar-refractivity contribution in [1.29, 1.82) is 0 Å². The average Bonchev–Trinajstić information content (AvgIpc) is 2.46. The third kappa shape index (κ3) is 3.35. The molecule has 1 N–H and O–H groups in total. The predicted molar refractivity (Wildman–Crippen MR) is 88.2 cm³/mol. The summed E-state index contributed by atoms with van der Waals surface area (Å²) < 4.78 is 24.5. The summed E-state index contributed by atoms with van der Waals surface area (Å²) in [6, 6.07) is 6.85. The summed E-state index contributed by atoms with van der Waals surface area (Å²) in [7, 11) is -3.54. The van der Waals surface area contributed by atoms with E-state index in [9.17, 15) is 8.42 Å². The lowest BCUT2D eigenvalue weighted by Gasteiger charge is -2.39. The normalized spacial score (nSPS) is 27.4. The first kappa shape index (κ1) is 15.5. The van der Waals surface area contributed by atoms with Crippen molar-refractivity contribution in [3.05, 3.63) is 29.8 Å². The van der Waals surface area contributed by atoms with E-state index in [1.54, 1.807) is 24.3 Å². The molecule has 2 atom stereocenters. The third-order valence-corrected chi connectivity index (χ3v) is 6.17. The molecule has 22 heavy (non-hydrogen) atoms. The summed E-state index contributed by atoms with van der Waals surface area (Å²) in [6.07, 6.45) is 8.58. The third-order valence-electron chi connectivity index (χ3n) is 4.95. The van der Waals surface area contributed by atoms with Gasteiger partial charge < -0.3 is 0 Å². The van der Waals surface area contributed by atoms with Gasteiger partial charge in [-0.15, -0.1) is 0 Å². The maximum absolute atomic E-state index is 12.3. The van der Waals surface area contributed by atoms with Crippen LogP contribution in [-0.4, -0.2) is 14.1 Å². The molecule has 2 aliphatic rings. The van der Waals surface area contributed by atoms with Crippen LogP contribution < -0.4 is 4.83 Å². The van der Waals surface area contributed by atoms with Crippen LogP contribution in [0, 0.1) is 18.8 Å². The smallest absolute Gasteiger partial charge is 0.200 e. The number of rotatable bonds is 3. The fourth-order valence-electron chi connectivity index (χ4n) is 3.52. The maximum atomic E-state index is 12.3. The van der Waals surface area contributed by atoms with Gasteiger partial charge in [0.2, 0.25) is 0 Å². The first-order chi connectivity index (χ1) is 10.6. The van der Waals surface area contributed by atoms with Gasteiger partial charge in [0.25, 0.3) is 10.0 Å². The van der Waals surface area contributed by atoms with Crippen molar-refractivity contribution >= 4 is 15.7 Å². The highest BCUT2D eigenvalue weighted by molar-refractivity contribution is 7.89. The van der Waals surface area contributed by atoms with Crippen molar-refractivity contribution in [3.63, 3.8) is 0 Å². The van der Waals surface area contributed by atoms with Crippen LogP contribution in [0.5, 0.6) is 0 Å². The number of hydrazone groups is 1. The van der Waals surface area contributed by atoms with Crippen molar-refractivity contribution in [2.24, 2.45) is 16.9 Å². The van der Waals surface area contributed by atoms with Crippen molar-refractivity contribution in [1.82, 2.24) is 4.83 Å². The Balaban J connectivity index is 1.67. The highest BCUT2D eigenvalue weighted by Gasteiger charge is 2.37. The second-order valence-electron chi connectivity index (χ2n) is 6.57. The Bertz CT molecular complexity index is 650. The van der Waals surface area contributed by atoms with Gasteiger partial charge in [-0.25, -0.2) is 4.83 Å². The number of nitrogens with zero attached hydrogens (tertiary/aromatic N) is 1. The van der Waals surface area contributed by atoms with E-state index < -0.39 is 10.0 Å². The number of aryl methyl sites for hydroxylation is 1. The van der Waals surface area contributed by atoms with Gasteiger partial charge in [-0.2, -0.15) is 13.5 Å². The molecule has 2 unspecified atom stereocenters. The lowest BCUT2D eigenvalue weighted by atomic mass is 9.66. The molecular formula is C17H24N2O2S. The predicted octanol–water partition coefficient (Wildman–Crippen LogP) is 3.62. The Morgan fingerprint density at radius 2 is 1.73 bits per heavy atom. The fourth-order valence-corrected chi connectivity index (χ4v) is 4.36. The van der Waals surface area contributed by atoms with Crippen LogP contribution in [0.25, 0.3) is 0 Å². The fraction of sp³-hybridized carbons (Fsp3) is 0.588. The van der Waals surface area contributed by atoms with Crippen LogP contribution >= 0.6 is 0 Å². The minimum Gasteiger partial charge on any atom is -0.200 e. The number of sulfonamides is 1. The van der Waals surface area contributed by atoms with Gasteiger partial charge in [0.15, 0.2) is 0 Å². The summed E-state index contributed by atoms with van der Waals surface area (Å²) in [5.41, 5.74) is 2.09. The molecule has 0 amide bonds. The average molecular weight is 320 g/mol. The number of hydrogen-bond donors (Lipinski definition) is 1. The molecule has 0 heterocycles. The molecule has 0 aliphatic heterocycles. The summed E-state index contributed by atoms with van der Waals surface area (Å²) in [5.74, 6) is 1.23. The van der Waals surface area contributed by atoms with Crippen LogP contribution in [0.15, 0.2) is 34.3 Å². The molecule has 0 aromatic heterocycles. The van der Waals surface area contributed by atoms with E-state index in [1.807, 2.05) is 6.92 Å². The highest BCUT2D eigenvalue weighted by Crippen LogP contribution is 2.40. The van der Waals surface area contributed by atoms with Gasteiger partial charge in [-0.1, -0.05) is 43.4 Å². The van der Waals surface area contributed by atoms with Gasteiger partial charge in [0.1, 0.15) is 0 Å². The molecule has 2 aliphatic carbocycles. The minimum atomic E-state index is -3.54. The number of nitrogens with one attached hydrogen (secondary N) is 1. The molecule has 1 aromatic carbocycles. The monoisotopic (exact) mass is 320 g/mol. The van der Waals surface area contributed by atoms with Gasteiger partial charge in [-0.05, 0) is 44.2 Å². The Hall–Kier alpha value is -1.36. The molecule has 0 saturated heterocycles. The first-order valence-electron chi connectivity index (χ1n) is 8.21. The van der Waals surface area contributed by atoms with Crippen LogP contribution in [-0.2, 0) is 10.0 Å². The van der Waals surface area contributed by atoms with Crippen molar-refractivity contribution in [2.45, 2.75) is 56.8 Å². The second-order valence-corrected chi connectivity index (χ2v) is 8.23. The SMILES string of the molecule is Cc1ccc(S(=O)(=O)NN=C2CC3CCCCCCC23)cc1. The Kier molecular flexibility index (Phi) is 4.52. The van der Waals surface area contributed by atoms with Crippen LogP contribution in [0.3, 0.4) is 0 Å². The Labute approximate surface area is 133 Å². The molecular weight excluding hydrogens is 296 g/mol. The lowest BCUT2D eigenvalue weighted by Crippen LogP contribution is -2.39. The van der Waals surface area contributed by atoms with E-state index in [2.05, 4.69) is 9.93 Å². The zero-order valence-electron chi connectivity index (χ0n) is 13.1. The molecule has 0 radical (unpaired) electrons. The summed E-state index contributed by atoms with van der Waals surface area (Å²) in [5, 5.41) is 4.24. The van der Waals surface area contributed by atoms with Crippen molar-refractivity contribution in [3.8, 4) is 0 Å². The van der Waals surface area contributed by atoms with E-state index in [0.29, 0.717) is 5.92 Å². The summed E-state index contributed by atoms with van der Waals surface area (Å²) in [6.45, 7) is 1.94. The number of benzene rings is 1. The maximum Gasteiger partial charge on any atom is 0.276 e. The van der Waals surface area contributed by atoms with Gasteiger partial charge in [0, 0.05) is 11.6 Å². The van der Waals surface area contributed by atoms with E-state index in [4.69, 9.17) is 0 Å². The first-order valence-corrected chi connectivity index (χ1v) is 9.69. The molecule has 5 heteroatoms. The zero-order chi connectivity index (χ0) is 15.6. The quantitative estimate of drug-likeness (QED) is 0.865. The number of hydrogen-bond acceptors (Lipinski definition) is 3. The van der Waals surface area contributed by atoms with Crippen LogP contribution in [0.4, 0.5) is 0 Å². The van der Waals surface area contributed by atoms with E-state index >= 15 is 0 Å². The molecule has 2 saturated carbocycles. The second kappa shape index (κ2) is 6.41.